The van der Waals surface area contributed by atoms with Gasteiger partial charge in [-0.3, -0.25) is 4.98 Å². The van der Waals surface area contributed by atoms with Gasteiger partial charge in [-0.15, -0.1) is 22.7 Å². The van der Waals surface area contributed by atoms with E-state index >= 15 is 0 Å². The molecular formula is C14H21N3S2. The lowest BCUT2D eigenvalue weighted by Gasteiger charge is -2.20. The number of hydrogen-bond donors (Lipinski definition) is 1. The fourth-order valence-electron chi connectivity index (χ4n) is 1.73. The topological polar surface area (TPSA) is 37.8 Å². The summed E-state index contributed by atoms with van der Waals surface area (Å²) in [5.41, 5.74) is 3.24. The Balaban J connectivity index is 2.21. The van der Waals surface area contributed by atoms with Crippen molar-refractivity contribution in [2.45, 2.75) is 52.6 Å². The first-order chi connectivity index (χ1) is 8.99. The van der Waals surface area contributed by atoms with Gasteiger partial charge in [0.25, 0.3) is 0 Å². The van der Waals surface area contributed by atoms with Crippen LogP contribution in [0.25, 0.3) is 9.88 Å². The molecule has 0 aliphatic carbocycles. The summed E-state index contributed by atoms with van der Waals surface area (Å²) in [6.07, 6.45) is 4.09. The standard InChI is InChI=1S/C14H21N3S2/c1-5-6-10-11(8-16-14(2,3)4)19-13(17-10)12-7-15-9-18-12/h7,9,16H,5-6,8H2,1-4H3. The van der Waals surface area contributed by atoms with E-state index in [4.69, 9.17) is 4.98 Å². The number of nitrogens with one attached hydrogen (secondary N) is 1. The number of aromatic nitrogens is 2. The van der Waals surface area contributed by atoms with Crippen LogP contribution in [0.15, 0.2) is 11.7 Å². The third-order valence-corrected chi connectivity index (χ3v) is 4.73. The SMILES string of the molecule is CCCc1nc(-c2cncs2)sc1CNC(C)(C)C. The second kappa shape index (κ2) is 6.11. The predicted octanol–water partition coefficient (Wildman–Crippen LogP) is 4.11. The molecule has 1 N–H and O–H groups in total. The minimum absolute atomic E-state index is 0.137. The highest BCUT2D eigenvalue weighted by atomic mass is 32.1. The first kappa shape index (κ1) is 14.6. The zero-order valence-corrected chi connectivity index (χ0v) is 13.6. The van der Waals surface area contributed by atoms with Crippen LogP contribution >= 0.6 is 22.7 Å². The van der Waals surface area contributed by atoms with Crippen molar-refractivity contribution in [1.82, 2.24) is 15.3 Å². The monoisotopic (exact) mass is 295 g/mol. The molecule has 0 bridgehead atoms. The van der Waals surface area contributed by atoms with Crippen LogP contribution in [0.2, 0.25) is 0 Å². The Morgan fingerprint density at radius 3 is 2.68 bits per heavy atom. The lowest BCUT2D eigenvalue weighted by molar-refractivity contribution is 0.425. The van der Waals surface area contributed by atoms with Gasteiger partial charge in [0.2, 0.25) is 0 Å². The van der Waals surface area contributed by atoms with E-state index in [0.29, 0.717) is 0 Å². The second-order valence-corrected chi connectivity index (χ2v) is 7.58. The molecule has 0 aromatic carbocycles. The van der Waals surface area contributed by atoms with Gasteiger partial charge < -0.3 is 5.32 Å². The molecule has 2 rings (SSSR count). The minimum atomic E-state index is 0.137. The Labute approximate surface area is 123 Å². The van der Waals surface area contributed by atoms with Crippen molar-refractivity contribution in [3.63, 3.8) is 0 Å². The quantitative estimate of drug-likeness (QED) is 0.902. The van der Waals surface area contributed by atoms with E-state index in [9.17, 15) is 0 Å². The molecule has 0 radical (unpaired) electrons. The van der Waals surface area contributed by atoms with E-state index in [1.165, 1.54) is 15.4 Å². The van der Waals surface area contributed by atoms with Crippen LogP contribution in [0.1, 0.15) is 44.7 Å². The van der Waals surface area contributed by atoms with Crippen molar-refractivity contribution < 1.29 is 0 Å². The maximum absolute atomic E-state index is 4.79. The highest BCUT2D eigenvalue weighted by Gasteiger charge is 2.15. The van der Waals surface area contributed by atoms with Gasteiger partial charge in [-0.25, -0.2) is 4.98 Å². The normalized spacial score (nSPS) is 12.0. The fourth-order valence-corrected chi connectivity index (χ4v) is 3.45. The molecule has 3 nitrogen and oxygen atoms in total. The average molecular weight is 295 g/mol. The van der Waals surface area contributed by atoms with Crippen LogP contribution in [0.3, 0.4) is 0 Å². The number of nitrogens with zero attached hydrogens (tertiary/aromatic N) is 2. The van der Waals surface area contributed by atoms with Crippen molar-refractivity contribution in [3.8, 4) is 9.88 Å². The molecule has 0 amide bonds. The minimum Gasteiger partial charge on any atom is -0.307 e. The van der Waals surface area contributed by atoms with Gasteiger partial charge >= 0.3 is 0 Å². The summed E-state index contributed by atoms with van der Waals surface area (Å²) in [4.78, 5) is 11.5. The maximum Gasteiger partial charge on any atom is 0.135 e. The zero-order valence-electron chi connectivity index (χ0n) is 12.0. The number of rotatable bonds is 5. The molecule has 5 heteroatoms. The molecule has 19 heavy (non-hydrogen) atoms. The first-order valence-electron chi connectivity index (χ1n) is 6.62. The molecule has 0 saturated carbocycles. The van der Waals surface area contributed by atoms with Crippen molar-refractivity contribution in [3.05, 3.63) is 22.3 Å². The molecule has 0 aliphatic heterocycles. The van der Waals surface area contributed by atoms with Gasteiger partial charge in [0, 0.05) is 23.2 Å². The van der Waals surface area contributed by atoms with E-state index in [-0.39, 0.29) is 5.54 Å². The van der Waals surface area contributed by atoms with Gasteiger partial charge in [-0.05, 0) is 27.2 Å². The number of thiazole rings is 2. The Morgan fingerprint density at radius 2 is 2.11 bits per heavy atom. The molecule has 0 aliphatic rings. The van der Waals surface area contributed by atoms with Crippen LogP contribution in [0.5, 0.6) is 0 Å². The van der Waals surface area contributed by atoms with Crippen LogP contribution in [0, 0.1) is 0 Å². The number of hydrogen-bond acceptors (Lipinski definition) is 5. The molecule has 2 aromatic rings. The Kier molecular flexibility index (Phi) is 4.71. The van der Waals surface area contributed by atoms with Crippen LogP contribution in [-0.4, -0.2) is 15.5 Å². The zero-order chi connectivity index (χ0) is 13.9. The Bertz CT molecular complexity index is 509. The maximum atomic E-state index is 4.79. The van der Waals surface area contributed by atoms with Gasteiger partial charge in [-0.1, -0.05) is 13.3 Å². The van der Waals surface area contributed by atoms with Crippen LogP contribution in [0.4, 0.5) is 0 Å². The first-order valence-corrected chi connectivity index (χ1v) is 8.31. The lowest BCUT2D eigenvalue weighted by Crippen LogP contribution is -2.35. The van der Waals surface area contributed by atoms with Gasteiger partial charge in [-0.2, -0.15) is 0 Å². The summed E-state index contributed by atoms with van der Waals surface area (Å²) in [6, 6.07) is 0. The molecule has 104 valence electrons. The smallest absolute Gasteiger partial charge is 0.135 e. The largest absolute Gasteiger partial charge is 0.307 e. The predicted molar refractivity (Wildman–Crippen MR) is 83.8 cm³/mol. The van der Waals surface area contributed by atoms with Crippen molar-refractivity contribution in [1.29, 1.82) is 0 Å². The van der Waals surface area contributed by atoms with E-state index in [2.05, 4.69) is 38.0 Å². The summed E-state index contributed by atoms with van der Waals surface area (Å²) in [5.74, 6) is 0. The molecular weight excluding hydrogens is 274 g/mol. The summed E-state index contributed by atoms with van der Waals surface area (Å²) in [7, 11) is 0. The van der Waals surface area contributed by atoms with Gasteiger partial charge in [0.05, 0.1) is 16.1 Å². The van der Waals surface area contributed by atoms with E-state index in [1.54, 1.807) is 22.7 Å². The summed E-state index contributed by atoms with van der Waals surface area (Å²) in [5, 5.41) is 4.66. The molecule has 0 saturated heterocycles. The molecule has 2 heterocycles. The summed E-state index contributed by atoms with van der Waals surface area (Å²) >= 11 is 3.45. The van der Waals surface area contributed by atoms with E-state index in [0.717, 1.165) is 24.4 Å². The average Bonchev–Trinajstić information content (AvgIpc) is 2.94. The number of aryl methyl sites for hydroxylation is 1. The molecule has 0 unspecified atom stereocenters. The van der Waals surface area contributed by atoms with Crippen LogP contribution < -0.4 is 5.32 Å². The molecule has 2 aromatic heterocycles. The summed E-state index contributed by atoms with van der Waals surface area (Å²) < 4.78 is 0. The molecule has 0 atom stereocenters. The lowest BCUT2D eigenvalue weighted by atomic mass is 10.1. The van der Waals surface area contributed by atoms with E-state index < -0.39 is 0 Å². The second-order valence-electron chi connectivity index (χ2n) is 5.61. The summed E-state index contributed by atoms with van der Waals surface area (Å²) in [6.45, 7) is 9.68. The fraction of sp³-hybridized carbons (Fsp3) is 0.571. The van der Waals surface area contributed by atoms with Crippen LogP contribution in [-0.2, 0) is 13.0 Å². The third kappa shape index (κ3) is 4.09. The highest BCUT2D eigenvalue weighted by molar-refractivity contribution is 7.20. The van der Waals surface area contributed by atoms with Gasteiger partial charge in [0.15, 0.2) is 0 Å². The van der Waals surface area contributed by atoms with Gasteiger partial charge in [0.1, 0.15) is 5.01 Å². The molecule has 0 fully saturated rings. The molecule has 0 spiro atoms. The van der Waals surface area contributed by atoms with Crippen molar-refractivity contribution >= 4 is 22.7 Å². The highest BCUT2D eigenvalue weighted by Crippen LogP contribution is 2.31. The van der Waals surface area contributed by atoms with Crippen molar-refractivity contribution in [2.24, 2.45) is 0 Å². The Hall–Kier alpha value is -0.780. The Morgan fingerprint density at radius 1 is 1.32 bits per heavy atom. The van der Waals surface area contributed by atoms with E-state index in [1.807, 2.05) is 11.7 Å². The van der Waals surface area contributed by atoms with Crippen molar-refractivity contribution in [2.75, 3.05) is 0 Å². The third-order valence-electron chi connectivity index (χ3n) is 2.69.